The minimum atomic E-state index is -5.59. The van der Waals surface area contributed by atoms with Gasteiger partial charge in [-0.15, -0.1) is 0 Å². The molecule has 0 heterocycles. The molecule has 116 valence electrons. The fraction of sp³-hybridized carbons (Fsp3) is 0.133. The van der Waals surface area contributed by atoms with E-state index in [9.17, 15) is 22.4 Å². The van der Waals surface area contributed by atoms with Crippen LogP contribution in [0.5, 0.6) is 11.5 Å². The van der Waals surface area contributed by atoms with E-state index in [0.29, 0.717) is 11.8 Å². The third-order valence-electron chi connectivity index (χ3n) is 2.90. The first-order chi connectivity index (χ1) is 10.2. The van der Waals surface area contributed by atoms with E-state index < -0.39 is 23.4 Å². The molecular formula is C15H10F4O3. The predicted molar refractivity (Wildman–Crippen MR) is 69.4 cm³/mol. The standard InChI is InChI=1S/C15H10F4O3/c16-14(13(20)21,15(17,18)19)10-5-4-8-12(9-10)22-11-6-2-1-3-7-11/h1-9H,(H,20,21). The van der Waals surface area contributed by atoms with Crippen molar-refractivity contribution in [2.24, 2.45) is 0 Å². The number of rotatable bonds is 4. The van der Waals surface area contributed by atoms with Crippen molar-refractivity contribution in [2.45, 2.75) is 11.8 Å². The number of benzene rings is 2. The van der Waals surface area contributed by atoms with Crippen molar-refractivity contribution in [1.29, 1.82) is 0 Å². The van der Waals surface area contributed by atoms with E-state index in [0.717, 1.165) is 12.1 Å². The normalized spacial score (nSPS) is 14.2. The van der Waals surface area contributed by atoms with Crippen LogP contribution in [0.1, 0.15) is 5.56 Å². The summed E-state index contributed by atoms with van der Waals surface area (Å²) in [5.41, 5.74) is -5.55. The number of para-hydroxylation sites is 1. The molecule has 22 heavy (non-hydrogen) atoms. The van der Waals surface area contributed by atoms with Crippen molar-refractivity contribution in [3.05, 3.63) is 60.2 Å². The van der Waals surface area contributed by atoms with E-state index in [1.807, 2.05) is 0 Å². The summed E-state index contributed by atoms with van der Waals surface area (Å²) in [4.78, 5) is 10.8. The van der Waals surface area contributed by atoms with Crippen LogP contribution < -0.4 is 4.74 Å². The quantitative estimate of drug-likeness (QED) is 0.856. The second-order valence-corrected chi connectivity index (χ2v) is 4.40. The number of hydrogen-bond acceptors (Lipinski definition) is 2. The number of aliphatic carboxylic acids is 1. The SMILES string of the molecule is O=C(O)C(F)(c1cccc(Oc2ccccc2)c1)C(F)(F)F. The first-order valence-electron chi connectivity index (χ1n) is 6.07. The fourth-order valence-corrected chi connectivity index (χ4v) is 1.81. The zero-order chi connectivity index (χ0) is 16.4. The summed E-state index contributed by atoms with van der Waals surface area (Å²) >= 11 is 0. The number of carboxylic acids is 1. The van der Waals surface area contributed by atoms with Crippen molar-refractivity contribution in [1.82, 2.24) is 0 Å². The molecule has 2 aromatic carbocycles. The van der Waals surface area contributed by atoms with Gasteiger partial charge < -0.3 is 9.84 Å². The minimum Gasteiger partial charge on any atom is -0.478 e. The second kappa shape index (κ2) is 5.67. The van der Waals surface area contributed by atoms with E-state index in [-0.39, 0.29) is 5.75 Å². The van der Waals surface area contributed by atoms with Crippen LogP contribution in [0.25, 0.3) is 0 Å². The lowest BCUT2D eigenvalue weighted by Crippen LogP contribution is -2.45. The Labute approximate surface area is 122 Å². The van der Waals surface area contributed by atoms with Gasteiger partial charge in [0.1, 0.15) is 11.5 Å². The molecule has 0 amide bonds. The maximum atomic E-state index is 14.1. The van der Waals surface area contributed by atoms with Crippen molar-refractivity contribution in [2.75, 3.05) is 0 Å². The van der Waals surface area contributed by atoms with Gasteiger partial charge in [0.15, 0.2) is 0 Å². The maximum absolute atomic E-state index is 14.1. The summed E-state index contributed by atoms with van der Waals surface area (Å²) in [6, 6.07) is 12.0. The molecular weight excluding hydrogens is 304 g/mol. The third-order valence-corrected chi connectivity index (χ3v) is 2.90. The Morgan fingerprint density at radius 3 is 2.05 bits per heavy atom. The summed E-state index contributed by atoms with van der Waals surface area (Å²) in [6.07, 6.45) is -5.59. The summed E-state index contributed by atoms with van der Waals surface area (Å²) in [5.74, 6) is -2.40. The molecule has 2 aromatic rings. The van der Waals surface area contributed by atoms with Crippen LogP contribution in [-0.4, -0.2) is 17.3 Å². The predicted octanol–water partition coefficient (Wildman–Crippen LogP) is 4.29. The largest absolute Gasteiger partial charge is 0.478 e. The number of halogens is 4. The Bertz CT molecular complexity index is 670. The van der Waals surface area contributed by atoms with Gasteiger partial charge in [0, 0.05) is 5.56 Å². The van der Waals surface area contributed by atoms with Gasteiger partial charge >= 0.3 is 17.8 Å². The molecule has 0 saturated heterocycles. The zero-order valence-corrected chi connectivity index (χ0v) is 11.0. The van der Waals surface area contributed by atoms with E-state index >= 15 is 0 Å². The van der Waals surface area contributed by atoms with Gasteiger partial charge in [0.2, 0.25) is 0 Å². The topological polar surface area (TPSA) is 46.5 Å². The van der Waals surface area contributed by atoms with Gasteiger partial charge in [-0.2, -0.15) is 13.2 Å². The number of ether oxygens (including phenoxy) is 1. The van der Waals surface area contributed by atoms with Crippen molar-refractivity contribution in [3.8, 4) is 11.5 Å². The van der Waals surface area contributed by atoms with E-state index in [1.54, 1.807) is 30.3 Å². The van der Waals surface area contributed by atoms with Gasteiger partial charge in [-0.05, 0) is 24.3 Å². The molecule has 0 radical (unpaired) electrons. The Hall–Kier alpha value is -2.57. The zero-order valence-electron chi connectivity index (χ0n) is 11.0. The van der Waals surface area contributed by atoms with Crippen LogP contribution >= 0.6 is 0 Å². The van der Waals surface area contributed by atoms with Crippen molar-refractivity contribution in [3.63, 3.8) is 0 Å². The van der Waals surface area contributed by atoms with Crippen LogP contribution in [0.2, 0.25) is 0 Å². The van der Waals surface area contributed by atoms with Gasteiger partial charge in [-0.1, -0.05) is 30.3 Å². The Morgan fingerprint density at radius 1 is 0.909 bits per heavy atom. The lowest BCUT2D eigenvalue weighted by molar-refractivity contribution is -0.240. The van der Waals surface area contributed by atoms with Crippen LogP contribution in [-0.2, 0) is 10.5 Å². The molecule has 2 rings (SSSR count). The van der Waals surface area contributed by atoms with E-state index in [1.165, 1.54) is 6.07 Å². The van der Waals surface area contributed by atoms with Crippen LogP contribution in [0.4, 0.5) is 17.6 Å². The van der Waals surface area contributed by atoms with Crippen molar-refractivity contribution < 1.29 is 32.2 Å². The summed E-state index contributed by atoms with van der Waals surface area (Å²) < 4.78 is 57.8. The lowest BCUT2D eigenvalue weighted by atomic mass is 9.95. The molecule has 0 aromatic heterocycles. The molecule has 1 N–H and O–H groups in total. The smallest absolute Gasteiger partial charge is 0.437 e. The summed E-state index contributed by atoms with van der Waals surface area (Å²) in [7, 11) is 0. The Kier molecular flexibility index (Phi) is 4.07. The maximum Gasteiger partial charge on any atom is 0.437 e. The van der Waals surface area contributed by atoms with Crippen LogP contribution in [0, 0.1) is 0 Å². The highest BCUT2D eigenvalue weighted by Crippen LogP contribution is 2.43. The molecule has 0 bridgehead atoms. The molecule has 1 unspecified atom stereocenters. The molecule has 0 aliphatic heterocycles. The second-order valence-electron chi connectivity index (χ2n) is 4.40. The fourth-order valence-electron chi connectivity index (χ4n) is 1.81. The average Bonchev–Trinajstić information content (AvgIpc) is 2.46. The number of carboxylic acid groups (broad SMARTS) is 1. The molecule has 0 aliphatic rings. The first kappa shape index (κ1) is 15.8. The van der Waals surface area contributed by atoms with Crippen LogP contribution in [0.15, 0.2) is 54.6 Å². The van der Waals surface area contributed by atoms with Gasteiger partial charge in [0.25, 0.3) is 0 Å². The van der Waals surface area contributed by atoms with Gasteiger partial charge in [0.05, 0.1) is 0 Å². The molecule has 1 atom stereocenters. The highest BCUT2D eigenvalue weighted by molar-refractivity contribution is 5.80. The summed E-state index contributed by atoms with van der Waals surface area (Å²) in [6.45, 7) is 0. The van der Waals surface area contributed by atoms with Crippen LogP contribution in [0.3, 0.4) is 0 Å². The number of alkyl halides is 4. The van der Waals surface area contributed by atoms with E-state index in [4.69, 9.17) is 9.84 Å². The lowest BCUT2D eigenvalue weighted by Gasteiger charge is -2.24. The molecule has 7 heteroatoms. The highest BCUT2D eigenvalue weighted by atomic mass is 19.4. The molecule has 0 fully saturated rings. The van der Waals surface area contributed by atoms with Gasteiger partial charge in [-0.3, -0.25) is 0 Å². The Morgan fingerprint density at radius 2 is 1.50 bits per heavy atom. The molecule has 3 nitrogen and oxygen atoms in total. The number of hydrogen-bond donors (Lipinski definition) is 1. The van der Waals surface area contributed by atoms with E-state index in [2.05, 4.69) is 0 Å². The molecule has 0 saturated carbocycles. The highest BCUT2D eigenvalue weighted by Gasteiger charge is 2.63. The monoisotopic (exact) mass is 314 g/mol. The minimum absolute atomic E-state index is 0.101. The molecule has 0 spiro atoms. The van der Waals surface area contributed by atoms with Gasteiger partial charge in [-0.25, -0.2) is 9.18 Å². The molecule has 0 aliphatic carbocycles. The summed E-state index contributed by atoms with van der Waals surface area (Å²) in [5, 5.41) is 8.67. The number of carbonyl (C=O) groups is 1. The first-order valence-corrected chi connectivity index (χ1v) is 6.07. The third kappa shape index (κ3) is 2.88. The average molecular weight is 314 g/mol. The Balaban J connectivity index is 2.41. The van der Waals surface area contributed by atoms with Crippen molar-refractivity contribution >= 4 is 5.97 Å².